The minimum absolute atomic E-state index is 0.00419. The van der Waals surface area contributed by atoms with Crippen LogP contribution in [0.4, 0.5) is 0 Å². The lowest BCUT2D eigenvalue weighted by molar-refractivity contribution is -0.140. The molecule has 2 saturated heterocycles. The molecule has 0 saturated carbocycles. The van der Waals surface area contributed by atoms with Gasteiger partial charge in [-0.2, -0.15) is 0 Å². The summed E-state index contributed by atoms with van der Waals surface area (Å²) in [7, 11) is 0. The van der Waals surface area contributed by atoms with Crippen LogP contribution in [0.3, 0.4) is 0 Å². The fourth-order valence-electron chi connectivity index (χ4n) is 4.72. The molecule has 5 heteroatoms. The molecule has 1 aromatic rings. The van der Waals surface area contributed by atoms with Crippen molar-refractivity contribution in [3.8, 4) is 0 Å². The number of ether oxygens (including phenoxy) is 1. The topological polar surface area (TPSA) is 36.0 Å². The first-order valence-corrected chi connectivity index (χ1v) is 10.2. The van der Waals surface area contributed by atoms with E-state index in [1.54, 1.807) is 0 Å². The Balaban J connectivity index is 1.38. The normalized spacial score (nSPS) is 25.9. The zero-order chi connectivity index (χ0) is 17.9. The third-order valence-corrected chi connectivity index (χ3v) is 6.37. The van der Waals surface area contributed by atoms with Gasteiger partial charge in [0.15, 0.2) is 0 Å². The number of fused-ring (bicyclic) bond motifs is 1. The summed E-state index contributed by atoms with van der Waals surface area (Å²) < 4.78 is 5.49. The summed E-state index contributed by atoms with van der Waals surface area (Å²) >= 11 is 0. The van der Waals surface area contributed by atoms with Crippen molar-refractivity contribution < 1.29 is 9.53 Å². The molecule has 3 aliphatic rings. The van der Waals surface area contributed by atoms with E-state index in [1.807, 2.05) is 0 Å². The number of hydrogen-bond donors (Lipinski definition) is 0. The van der Waals surface area contributed by atoms with E-state index in [0.717, 1.165) is 71.7 Å². The van der Waals surface area contributed by atoms with Gasteiger partial charge in [-0.05, 0) is 36.9 Å². The molecule has 3 heterocycles. The molecular formula is C21H31N3O2. The molecule has 4 rings (SSSR count). The largest absolute Gasteiger partial charge is 0.381 e. The smallest absolute Gasteiger partial charge is 0.240 e. The molecule has 26 heavy (non-hydrogen) atoms. The highest BCUT2D eigenvalue weighted by atomic mass is 16.5. The van der Waals surface area contributed by atoms with Crippen molar-refractivity contribution in [2.75, 3.05) is 45.9 Å². The van der Waals surface area contributed by atoms with Crippen LogP contribution in [0, 0.1) is 0 Å². The van der Waals surface area contributed by atoms with E-state index in [9.17, 15) is 4.79 Å². The van der Waals surface area contributed by atoms with Crippen LogP contribution < -0.4 is 0 Å². The number of carbonyl (C=O) groups is 1. The zero-order valence-electron chi connectivity index (χ0n) is 15.9. The fraction of sp³-hybridized carbons (Fsp3) is 0.667. The first kappa shape index (κ1) is 18.0. The van der Waals surface area contributed by atoms with Gasteiger partial charge in [-0.3, -0.25) is 14.6 Å². The van der Waals surface area contributed by atoms with Crippen LogP contribution >= 0.6 is 0 Å². The average molecular weight is 357 g/mol. The lowest BCUT2D eigenvalue weighted by atomic mass is 9.93. The number of likely N-dealkylation sites (N-methyl/N-ethyl adjacent to an activating group) is 1. The lowest BCUT2D eigenvalue weighted by Crippen LogP contribution is -2.58. The molecule has 0 unspecified atom stereocenters. The second-order valence-electron chi connectivity index (χ2n) is 7.76. The fourth-order valence-corrected chi connectivity index (χ4v) is 4.72. The van der Waals surface area contributed by atoms with E-state index >= 15 is 0 Å². The average Bonchev–Trinajstić information content (AvgIpc) is 2.73. The number of amides is 1. The molecule has 1 aromatic carbocycles. The van der Waals surface area contributed by atoms with Crippen molar-refractivity contribution in [2.45, 2.75) is 44.8 Å². The van der Waals surface area contributed by atoms with Crippen LogP contribution in [0.1, 0.15) is 30.9 Å². The number of carbonyl (C=O) groups excluding carboxylic acids is 1. The third kappa shape index (κ3) is 3.66. The summed E-state index contributed by atoms with van der Waals surface area (Å²) in [5.41, 5.74) is 2.72. The van der Waals surface area contributed by atoms with Crippen LogP contribution in [0.5, 0.6) is 0 Å². The van der Waals surface area contributed by atoms with Gasteiger partial charge in [0.25, 0.3) is 0 Å². The Kier molecular flexibility index (Phi) is 5.57. The van der Waals surface area contributed by atoms with E-state index in [2.05, 4.69) is 45.9 Å². The molecule has 5 nitrogen and oxygen atoms in total. The maximum atomic E-state index is 13.3. The molecular weight excluding hydrogens is 326 g/mol. The molecule has 2 fully saturated rings. The van der Waals surface area contributed by atoms with Crippen molar-refractivity contribution in [3.05, 3.63) is 35.4 Å². The second kappa shape index (κ2) is 8.07. The molecule has 0 aliphatic carbocycles. The molecule has 0 spiro atoms. The quantitative estimate of drug-likeness (QED) is 0.826. The number of rotatable bonds is 3. The van der Waals surface area contributed by atoms with E-state index < -0.39 is 0 Å². The van der Waals surface area contributed by atoms with Gasteiger partial charge in [-0.25, -0.2) is 0 Å². The minimum atomic E-state index is 0.00419. The van der Waals surface area contributed by atoms with Gasteiger partial charge in [-0.15, -0.1) is 0 Å². The maximum absolute atomic E-state index is 13.3. The predicted octanol–water partition coefficient (Wildman–Crippen LogP) is 1.76. The first-order valence-electron chi connectivity index (χ1n) is 10.2. The molecule has 0 radical (unpaired) electrons. The van der Waals surface area contributed by atoms with Crippen molar-refractivity contribution in [3.63, 3.8) is 0 Å². The SMILES string of the molecule is CCN1Cc2ccccc2C[C@@H]1C(=O)N1CCN(C2CCOCC2)CC1. The minimum Gasteiger partial charge on any atom is -0.381 e. The van der Waals surface area contributed by atoms with E-state index in [1.165, 1.54) is 11.1 Å². The van der Waals surface area contributed by atoms with Crippen molar-refractivity contribution in [2.24, 2.45) is 0 Å². The van der Waals surface area contributed by atoms with Gasteiger partial charge < -0.3 is 9.64 Å². The highest BCUT2D eigenvalue weighted by Gasteiger charge is 2.35. The van der Waals surface area contributed by atoms with Crippen molar-refractivity contribution >= 4 is 5.91 Å². The zero-order valence-corrected chi connectivity index (χ0v) is 15.9. The Labute approximate surface area is 156 Å². The van der Waals surface area contributed by atoms with Crippen LogP contribution in [-0.4, -0.2) is 78.6 Å². The van der Waals surface area contributed by atoms with Crippen molar-refractivity contribution in [1.82, 2.24) is 14.7 Å². The van der Waals surface area contributed by atoms with Crippen LogP contribution in [0.2, 0.25) is 0 Å². The Hall–Kier alpha value is -1.43. The van der Waals surface area contributed by atoms with Gasteiger partial charge in [0.2, 0.25) is 5.91 Å². The van der Waals surface area contributed by atoms with Gasteiger partial charge in [0.1, 0.15) is 0 Å². The number of nitrogens with zero attached hydrogens (tertiary/aromatic N) is 3. The standard InChI is InChI=1S/C21H31N3O2/c1-2-22-16-18-6-4-3-5-17(18)15-20(22)21(25)24-11-9-23(10-12-24)19-7-13-26-14-8-19/h3-6,19-20H,2,7-16H2,1H3/t20-/m1/s1. The monoisotopic (exact) mass is 357 g/mol. The highest BCUT2D eigenvalue weighted by Crippen LogP contribution is 2.25. The summed E-state index contributed by atoms with van der Waals surface area (Å²) in [5, 5.41) is 0. The Morgan fingerprint density at radius 2 is 1.77 bits per heavy atom. The van der Waals surface area contributed by atoms with E-state index in [4.69, 9.17) is 4.74 Å². The predicted molar refractivity (Wildman–Crippen MR) is 102 cm³/mol. The van der Waals surface area contributed by atoms with Crippen LogP contribution in [0.25, 0.3) is 0 Å². The molecule has 0 N–H and O–H groups in total. The van der Waals surface area contributed by atoms with Gasteiger partial charge in [-0.1, -0.05) is 31.2 Å². The summed E-state index contributed by atoms with van der Waals surface area (Å²) in [4.78, 5) is 20.3. The Morgan fingerprint density at radius 1 is 1.08 bits per heavy atom. The molecule has 0 bridgehead atoms. The third-order valence-electron chi connectivity index (χ3n) is 6.37. The summed E-state index contributed by atoms with van der Waals surface area (Å²) in [6, 6.07) is 9.23. The van der Waals surface area contributed by atoms with Gasteiger partial charge in [0, 0.05) is 52.0 Å². The first-order chi connectivity index (χ1) is 12.8. The summed E-state index contributed by atoms with van der Waals surface area (Å²) in [6.45, 7) is 9.50. The molecule has 1 amide bonds. The van der Waals surface area contributed by atoms with Crippen LogP contribution in [-0.2, 0) is 22.5 Å². The lowest BCUT2D eigenvalue weighted by Gasteiger charge is -2.43. The van der Waals surface area contributed by atoms with E-state index in [0.29, 0.717) is 11.9 Å². The molecule has 0 aromatic heterocycles. The van der Waals surface area contributed by atoms with Crippen LogP contribution in [0.15, 0.2) is 24.3 Å². The maximum Gasteiger partial charge on any atom is 0.240 e. The molecule has 3 aliphatic heterocycles. The molecule has 1 atom stereocenters. The summed E-state index contributed by atoms with van der Waals surface area (Å²) in [5.74, 6) is 0.327. The van der Waals surface area contributed by atoms with Gasteiger partial charge in [0.05, 0.1) is 6.04 Å². The molecule has 142 valence electrons. The summed E-state index contributed by atoms with van der Waals surface area (Å²) in [6.07, 6.45) is 3.12. The van der Waals surface area contributed by atoms with Crippen molar-refractivity contribution in [1.29, 1.82) is 0 Å². The second-order valence-corrected chi connectivity index (χ2v) is 7.76. The number of hydrogen-bond acceptors (Lipinski definition) is 4. The van der Waals surface area contributed by atoms with Gasteiger partial charge >= 0.3 is 0 Å². The number of benzene rings is 1. The Bertz CT molecular complexity index is 621. The number of piperazine rings is 1. The Morgan fingerprint density at radius 3 is 2.46 bits per heavy atom. The van der Waals surface area contributed by atoms with E-state index in [-0.39, 0.29) is 6.04 Å². The highest BCUT2D eigenvalue weighted by molar-refractivity contribution is 5.82.